The molecule has 0 bridgehead atoms. The van der Waals surface area contributed by atoms with E-state index in [9.17, 15) is 18.8 Å². The molecule has 3 N–H and O–H groups in total. The van der Waals surface area contributed by atoms with Crippen LogP contribution in [0.25, 0.3) is 11.1 Å². The number of likely N-dealkylation sites (N-methyl/N-ethyl adjacent to an activating group) is 1. The first-order valence-electron chi connectivity index (χ1n) is 8.77. The van der Waals surface area contributed by atoms with Crippen molar-refractivity contribution in [3.63, 3.8) is 0 Å². The summed E-state index contributed by atoms with van der Waals surface area (Å²) in [5.41, 5.74) is 6.32. The van der Waals surface area contributed by atoms with E-state index in [4.69, 9.17) is 10.5 Å². The highest BCUT2D eigenvalue weighted by molar-refractivity contribution is 5.92. The normalized spacial score (nSPS) is 15.8. The number of anilines is 2. The molecule has 10 heteroatoms. The number of halogens is 1. The molecule has 0 unspecified atom stereocenters. The van der Waals surface area contributed by atoms with Crippen LogP contribution < -0.4 is 16.0 Å². The number of hydrogen-bond acceptors (Lipinski definition) is 6. The van der Waals surface area contributed by atoms with Crippen LogP contribution in [0.4, 0.5) is 20.7 Å². The summed E-state index contributed by atoms with van der Waals surface area (Å²) < 4.78 is 19.9. The lowest BCUT2D eigenvalue weighted by Gasteiger charge is -2.20. The van der Waals surface area contributed by atoms with E-state index in [1.165, 1.54) is 48.2 Å². The van der Waals surface area contributed by atoms with Crippen molar-refractivity contribution < 1.29 is 23.5 Å². The third-order valence-electron chi connectivity index (χ3n) is 4.52. The first-order chi connectivity index (χ1) is 13.8. The molecule has 1 aliphatic rings. The number of nitrogens with one attached hydrogen (secondary N) is 1. The van der Waals surface area contributed by atoms with Crippen molar-refractivity contribution >= 4 is 29.4 Å². The van der Waals surface area contributed by atoms with Crippen molar-refractivity contribution in [3.8, 4) is 11.1 Å². The maximum Gasteiger partial charge on any atom is 0.416 e. The SMILES string of the molecule is CC(=O)N(C)[C@@H]1CN(c2ccc(-c3ccc(NC(=O)CN)nc3)c(F)c2)C(=O)O1. The molecule has 0 aliphatic carbocycles. The minimum atomic E-state index is -0.733. The second-order valence-corrected chi connectivity index (χ2v) is 6.43. The number of benzene rings is 1. The second kappa shape index (κ2) is 8.23. The zero-order valence-corrected chi connectivity index (χ0v) is 15.9. The standard InChI is InChI=1S/C19H20FN5O4/c1-11(26)24(2)18-10-25(19(28)29-18)13-4-5-14(15(20)7-13)12-3-6-16(22-9-12)23-17(27)8-21/h3-7,9,18H,8,10,21H2,1-2H3,(H,22,23,27)/t18-/m0/s1. The second-order valence-electron chi connectivity index (χ2n) is 6.43. The zero-order chi connectivity index (χ0) is 21.1. The molecule has 0 radical (unpaired) electrons. The summed E-state index contributed by atoms with van der Waals surface area (Å²) in [6, 6.07) is 7.47. The fourth-order valence-corrected chi connectivity index (χ4v) is 2.79. The number of rotatable bonds is 5. The van der Waals surface area contributed by atoms with E-state index in [0.29, 0.717) is 17.1 Å². The molecule has 9 nitrogen and oxygen atoms in total. The largest absolute Gasteiger partial charge is 0.423 e. The molecule has 152 valence electrons. The highest BCUT2D eigenvalue weighted by atomic mass is 19.1. The van der Waals surface area contributed by atoms with Crippen molar-refractivity contribution in [2.24, 2.45) is 5.73 Å². The minimum absolute atomic E-state index is 0.102. The Balaban J connectivity index is 1.78. The number of ether oxygens (including phenoxy) is 1. The molecule has 2 heterocycles. The van der Waals surface area contributed by atoms with Gasteiger partial charge in [-0.05, 0) is 30.3 Å². The minimum Gasteiger partial charge on any atom is -0.423 e. The number of nitrogens with zero attached hydrogens (tertiary/aromatic N) is 3. The number of hydrogen-bond donors (Lipinski definition) is 2. The highest BCUT2D eigenvalue weighted by Crippen LogP contribution is 2.29. The number of pyridine rings is 1. The topological polar surface area (TPSA) is 118 Å². The third-order valence-corrected chi connectivity index (χ3v) is 4.52. The molecule has 29 heavy (non-hydrogen) atoms. The van der Waals surface area contributed by atoms with Crippen molar-refractivity contribution in [2.75, 3.05) is 30.4 Å². The molecule has 1 aliphatic heterocycles. The number of carbonyl (C=O) groups is 3. The predicted molar refractivity (Wildman–Crippen MR) is 103 cm³/mol. The van der Waals surface area contributed by atoms with Crippen molar-refractivity contribution in [1.29, 1.82) is 0 Å². The van der Waals surface area contributed by atoms with Crippen molar-refractivity contribution in [2.45, 2.75) is 13.2 Å². The molecule has 1 saturated heterocycles. The summed E-state index contributed by atoms with van der Waals surface area (Å²) in [5.74, 6) is -0.877. The summed E-state index contributed by atoms with van der Waals surface area (Å²) >= 11 is 0. The summed E-state index contributed by atoms with van der Waals surface area (Å²) in [6.07, 6.45) is 0.0340. The van der Waals surface area contributed by atoms with Gasteiger partial charge in [-0.1, -0.05) is 0 Å². The van der Waals surface area contributed by atoms with E-state index in [1.54, 1.807) is 12.1 Å². The maximum absolute atomic E-state index is 14.7. The third kappa shape index (κ3) is 4.32. The van der Waals surface area contributed by atoms with E-state index >= 15 is 0 Å². The molecule has 1 aromatic carbocycles. The van der Waals surface area contributed by atoms with Gasteiger partial charge in [0.2, 0.25) is 11.8 Å². The van der Waals surface area contributed by atoms with Crippen LogP contribution in [0.3, 0.4) is 0 Å². The van der Waals surface area contributed by atoms with Crippen LogP contribution in [0.5, 0.6) is 0 Å². The van der Waals surface area contributed by atoms with Gasteiger partial charge in [-0.3, -0.25) is 14.5 Å². The Morgan fingerprint density at radius 1 is 1.38 bits per heavy atom. The lowest BCUT2D eigenvalue weighted by molar-refractivity contribution is -0.134. The van der Waals surface area contributed by atoms with Crippen LogP contribution in [0.15, 0.2) is 36.5 Å². The van der Waals surface area contributed by atoms with Crippen molar-refractivity contribution in [3.05, 3.63) is 42.3 Å². The van der Waals surface area contributed by atoms with Crippen LogP contribution in [-0.4, -0.2) is 54.2 Å². The Bertz CT molecular complexity index is 950. The molecule has 3 amide bonds. The number of aromatic nitrogens is 1. The van der Waals surface area contributed by atoms with Gasteiger partial charge in [0.05, 0.1) is 18.8 Å². The maximum atomic E-state index is 14.7. The Hall–Kier alpha value is -3.53. The first kappa shape index (κ1) is 20.2. The molecular formula is C19H20FN5O4. The van der Waals surface area contributed by atoms with Gasteiger partial charge >= 0.3 is 6.09 Å². The molecular weight excluding hydrogens is 381 g/mol. The van der Waals surface area contributed by atoms with Crippen LogP contribution in [0, 0.1) is 5.82 Å². The van der Waals surface area contributed by atoms with Gasteiger partial charge in [0, 0.05) is 31.3 Å². The molecule has 1 fully saturated rings. The monoisotopic (exact) mass is 401 g/mol. The quantitative estimate of drug-likeness (QED) is 0.785. The van der Waals surface area contributed by atoms with Crippen LogP contribution in [0.1, 0.15) is 6.92 Å². The number of amides is 3. The number of cyclic esters (lactones) is 1. The summed E-state index contributed by atoms with van der Waals surface area (Å²) in [5, 5.41) is 2.50. The van der Waals surface area contributed by atoms with Gasteiger partial charge in [0.15, 0.2) is 6.23 Å². The predicted octanol–water partition coefficient (Wildman–Crippen LogP) is 1.55. The van der Waals surface area contributed by atoms with E-state index < -0.39 is 18.1 Å². The highest BCUT2D eigenvalue weighted by Gasteiger charge is 2.36. The Labute approximate surface area is 166 Å². The average molecular weight is 401 g/mol. The summed E-state index contributed by atoms with van der Waals surface area (Å²) in [7, 11) is 1.53. The molecule has 1 aromatic heterocycles. The number of nitrogens with two attached hydrogens (primary N) is 1. The molecule has 0 saturated carbocycles. The smallest absolute Gasteiger partial charge is 0.416 e. The number of carbonyl (C=O) groups excluding carboxylic acids is 3. The van der Waals surface area contributed by atoms with Gasteiger partial charge in [-0.15, -0.1) is 0 Å². The first-order valence-corrected chi connectivity index (χ1v) is 8.77. The van der Waals surface area contributed by atoms with Gasteiger partial charge in [-0.25, -0.2) is 14.2 Å². The van der Waals surface area contributed by atoms with E-state index in [-0.39, 0.29) is 30.5 Å². The Morgan fingerprint density at radius 2 is 2.14 bits per heavy atom. The van der Waals surface area contributed by atoms with E-state index in [1.807, 2.05) is 0 Å². The van der Waals surface area contributed by atoms with Crippen LogP contribution in [-0.2, 0) is 14.3 Å². The van der Waals surface area contributed by atoms with Crippen LogP contribution >= 0.6 is 0 Å². The van der Waals surface area contributed by atoms with Gasteiger partial charge in [-0.2, -0.15) is 0 Å². The van der Waals surface area contributed by atoms with Gasteiger partial charge in [0.25, 0.3) is 0 Å². The lowest BCUT2D eigenvalue weighted by Crippen LogP contribution is -2.38. The molecule has 3 rings (SSSR count). The van der Waals surface area contributed by atoms with Gasteiger partial charge < -0.3 is 20.7 Å². The average Bonchev–Trinajstić information content (AvgIpc) is 3.09. The molecule has 1 atom stereocenters. The van der Waals surface area contributed by atoms with E-state index in [0.717, 1.165) is 0 Å². The Morgan fingerprint density at radius 3 is 2.72 bits per heavy atom. The van der Waals surface area contributed by atoms with Crippen molar-refractivity contribution in [1.82, 2.24) is 9.88 Å². The zero-order valence-electron chi connectivity index (χ0n) is 15.9. The summed E-state index contributed by atoms with van der Waals surface area (Å²) in [4.78, 5) is 41.5. The summed E-state index contributed by atoms with van der Waals surface area (Å²) in [6.45, 7) is 1.30. The lowest BCUT2D eigenvalue weighted by atomic mass is 10.1. The fraction of sp³-hybridized carbons (Fsp3) is 0.263. The van der Waals surface area contributed by atoms with Gasteiger partial charge in [0.1, 0.15) is 11.6 Å². The van der Waals surface area contributed by atoms with E-state index in [2.05, 4.69) is 10.3 Å². The Kier molecular flexibility index (Phi) is 5.74. The fourth-order valence-electron chi connectivity index (χ4n) is 2.79. The molecule has 0 spiro atoms. The van der Waals surface area contributed by atoms with Crippen LogP contribution in [0.2, 0.25) is 0 Å². The molecule has 2 aromatic rings.